The molecule has 1 aromatic carbocycles. The summed E-state index contributed by atoms with van der Waals surface area (Å²) >= 11 is 1.61. The predicted molar refractivity (Wildman–Crippen MR) is 125 cm³/mol. The number of hydrogen-bond donors (Lipinski definition) is 1. The van der Waals surface area contributed by atoms with Gasteiger partial charge in [0.2, 0.25) is 0 Å². The Balaban J connectivity index is 1.17. The molecule has 2 aromatic rings. The van der Waals surface area contributed by atoms with Gasteiger partial charge in [-0.05, 0) is 75.2 Å². The summed E-state index contributed by atoms with van der Waals surface area (Å²) in [6.45, 7) is 8.35. The highest BCUT2D eigenvalue weighted by atomic mass is 32.1. The molecule has 6 nitrogen and oxygen atoms in total. The average molecular weight is 430 g/mol. The number of fused-ring (bicyclic) bond motifs is 1. The lowest BCUT2D eigenvalue weighted by Crippen LogP contribution is -2.47. The molecule has 7 heteroatoms. The van der Waals surface area contributed by atoms with Crippen LogP contribution in [-0.4, -0.2) is 72.6 Å². The Bertz CT molecular complexity index is 824. The van der Waals surface area contributed by atoms with E-state index >= 15 is 0 Å². The molecule has 2 fully saturated rings. The van der Waals surface area contributed by atoms with Crippen LogP contribution in [0.1, 0.15) is 39.0 Å². The minimum absolute atomic E-state index is 0.0757. The van der Waals surface area contributed by atoms with Crippen LogP contribution >= 0.6 is 11.5 Å². The summed E-state index contributed by atoms with van der Waals surface area (Å²) in [4.78, 5) is 18.9. The topological polar surface area (TPSA) is 51.7 Å². The van der Waals surface area contributed by atoms with Crippen LogP contribution in [-0.2, 0) is 0 Å². The highest BCUT2D eigenvalue weighted by molar-refractivity contribution is 7.13. The first-order valence-electron chi connectivity index (χ1n) is 11.5. The molecule has 0 radical (unpaired) electrons. The summed E-state index contributed by atoms with van der Waals surface area (Å²) in [5.74, 6) is 1.98. The number of carbonyl (C=O) groups excluding carboxylic acids is 1. The Morgan fingerprint density at radius 3 is 2.63 bits per heavy atom. The Kier molecular flexibility index (Phi) is 7.10. The zero-order valence-electron chi connectivity index (χ0n) is 18.3. The summed E-state index contributed by atoms with van der Waals surface area (Å²) in [7, 11) is 1.86. The van der Waals surface area contributed by atoms with Gasteiger partial charge in [-0.2, -0.15) is 4.37 Å². The number of carbonyl (C=O) groups is 1. The maximum atomic E-state index is 12.0. The number of aromatic nitrogens is 1. The fourth-order valence-electron chi connectivity index (χ4n) is 4.67. The van der Waals surface area contributed by atoms with Crippen molar-refractivity contribution in [1.82, 2.24) is 19.5 Å². The highest BCUT2D eigenvalue weighted by Gasteiger charge is 2.25. The van der Waals surface area contributed by atoms with E-state index in [4.69, 9.17) is 4.37 Å². The summed E-state index contributed by atoms with van der Waals surface area (Å²) in [6.07, 6.45) is 6.02. The van der Waals surface area contributed by atoms with Crippen molar-refractivity contribution >= 4 is 33.5 Å². The third-order valence-corrected chi connectivity index (χ3v) is 7.70. The molecule has 0 atom stereocenters. The van der Waals surface area contributed by atoms with Gasteiger partial charge in [0.05, 0.1) is 4.70 Å². The number of nitrogens with one attached hydrogen (secondary N) is 1. The molecular weight excluding hydrogens is 394 g/mol. The lowest BCUT2D eigenvalue weighted by atomic mass is 9.84. The third kappa shape index (κ3) is 5.06. The normalized spacial score (nSPS) is 22.9. The van der Waals surface area contributed by atoms with Gasteiger partial charge >= 0.3 is 6.03 Å². The molecule has 164 valence electrons. The molecule has 1 aliphatic heterocycles. The molecule has 1 aliphatic carbocycles. The van der Waals surface area contributed by atoms with Crippen molar-refractivity contribution in [3.8, 4) is 0 Å². The van der Waals surface area contributed by atoms with Crippen molar-refractivity contribution in [3.63, 3.8) is 0 Å². The van der Waals surface area contributed by atoms with Gasteiger partial charge in [0.15, 0.2) is 0 Å². The number of urea groups is 1. The number of rotatable bonds is 6. The third-order valence-electron chi connectivity index (χ3n) is 6.88. The second-order valence-corrected chi connectivity index (χ2v) is 9.61. The summed E-state index contributed by atoms with van der Waals surface area (Å²) in [5.41, 5.74) is 0. The minimum Gasteiger partial charge on any atom is -0.353 e. The van der Waals surface area contributed by atoms with E-state index in [1.54, 1.807) is 16.4 Å². The molecule has 2 amide bonds. The van der Waals surface area contributed by atoms with Crippen LogP contribution in [0.25, 0.3) is 10.1 Å². The minimum atomic E-state index is 0.0757. The van der Waals surface area contributed by atoms with Crippen molar-refractivity contribution in [2.24, 2.45) is 5.92 Å². The number of nitrogens with zero attached hydrogens (tertiary/aromatic N) is 4. The summed E-state index contributed by atoms with van der Waals surface area (Å²) in [6, 6.07) is 8.99. The number of benzene rings is 1. The second kappa shape index (κ2) is 9.96. The van der Waals surface area contributed by atoms with Gasteiger partial charge in [-0.1, -0.05) is 12.1 Å². The average Bonchev–Trinajstić information content (AvgIpc) is 3.22. The van der Waals surface area contributed by atoms with E-state index in [1.807, 2.05) is 14.0 Å². The Labute approximate surface area is 184 Å². The van der Waals surface area contributed by atoms with Crippen molar-refractivity contribution in [3.05, 3.63) is 24.3 Å². The van der Waals surface area contributed by atoms with E-state index < -0.39 is 0 Å². The number of piperazine rings is 1. The molecule has 1 aromatic heterocycles. The highest BCUT2D eigenvalue weighted by Crippen LogP contribution is 2.30. The van der Waals surface area contributed by atoms with Gasteiger partial charge in [-0.25, -0.2) is 4.79 Å². The standard InChI is InChI=1S/C23H35N5OS/c1-3-26(2)23(29)24-19-10-8-18(9-11-19)12-13-27-14-16-28(17-15-27)22-20-6-4-5-7-21(20)30-25-22/h4-7,18-19H,3,8-17H2,1-2H3,(H,24,29). The summed E-state index contributed by atoms with van der Waals surface area (Å²) < 4.78 is 6.00. The van der Waals surface area contributed by atoms with Crippen LogP contribution in [0.2, 0.25) is 0 Å². The van der Waals surface area contributed by atoms with Crippen molar-refractivity contribution in [2.45, 2.75) is 45.1 Å². The zero-order valence-corrected chi connectivity index (χ0v) is 19.2. The molecule has 1 saturated heterocycles. The molecule has 2 heterocycles. The maximum absolute atomic E-state index is 12.0. The number of amides is 2. The second-order valence-electron chi connectivity index (χ2n) is 8.80. The first-order chi connectivity index (χ1) is 14.6. The van der Waals surface area contributed by atoms with E-state index in [0.717, 1.165) is 51.5 Å². The lowest BCUT2D eigenvalue weighted by Gasteiger charge is -2.36. The van der Waals surface area contributed by atoms with Crippen molar-refractivity contribution in [2.75, 3.05) is 51.2 Å². The van der Waals surface area contributed by atoms with Crippen LogP contribution in [0.3, 0.4) is 0 Å². The smallest absolute Gasteiger partial charge is 0.317 e. The van der Waals surface area contributed by atoms with Crippen molar-refractivity contribution < 1.29 is 4.79 Å². The quantitative estimate of drug-likeness (QED) is 0.753. The van der Waals surface area contributed by atoms with E-state index in [9.17, 15) is 4.79 Å². The first kappa shape index (κ1) is 21.4. The molecule has 1 saturated carbocycles. The first-order valence-corrected chi connectivity index (χ1v) is 12.2. The Morgan fingerprint density at radius 1 is 1.17 bits per heavy atom. The molecule has 30 heavy (non-hydrogen) atoms. The molecule has 2 aliphatic rings. The molecule has 0 bridgehead atoms. The fraction of sp³-hybridized carbons (Fsp3) is 0.652. The van der Waals surface area contributed by atoms with E-state index in [0.29, 0.717) is 6.04 Å². The monoisotopic (exact) mass is 429 g/mol. The fourth-order valence-corrected chi connectivity index (χ4v) is 5.47. The Morgan fingerprint density at radius 2 is 1.90 bits per heavy atom. The largest absolute Gasteiger partial charge is 0.353 e. The van der Waals surface area contributed by atoms with Gasteiger partial charge in [0.25, 0.3) is 0 Å². The molecule has 1 N–H and O–H groups in total. The zero-order chi connectivity index (χ0) is 20.9. The SMILES string of the molecule is CCN(C)C(=O)NC1CCC(CCN2CCN(c3nsc4ccccc34)CC2)CC1. The Hall–Kier alpha value is -1.86. The van der Waals surface area contributed by atoms with Gasteiger partial charge in [-0.3, -0.25) is 4.90 Å². The van der Waals surface area contributed by atoms with Crippen molar-refractivity contribution in [1.29, 1.82) is 0 Å². The van der Waals surface area contributed by atoms with Gasteiger partial charge in [0, 0.05) is 51.2 Å². The van der Waals surface area contributed by atoms with Crippen LogP contribution in [0.5, 0.6) is 0 Å². The summed E-state index contributed by atoms with van der Waals surface area (Å²) in [5, 5.41) is 4.49. The van der Waals surface area contributed by atoms with E-state index in [1.165, 1.54) is 41.7 Å². The van der Waals surface area contributed by atoms with E-state index in [-0.39, 0.29) is 6.03 Å². The van der Waals surface area contributed by atoms with Gasteiger partial charge < -0.3 is 15.1 Å². The molecular formula is C23H35N5OS. The van der Waals surface area contributed by atoms with Crippen LogP contribution in [0.4, 0.5) is 10.6 Å². The molecule has 0 spiro atoms. The number of hydrogen-bond acceptors (Lipinski definition) is 5. The van der Waals surface area contributed by atoms with E-state index in [2.05, 4.69) is 39.4 Å². The maximum Gasteiger partial charge on any atom is 0.317 e. The van der Waals surface area contributed by atoms with Crippen LogP contribution in [0, 0.1) is 5.92 Å². The van der Waals surface area contributed by atoms with Gasteiger partial charge in [0.1, 0.15) is 5.82 Å². The molecule has 4 rings (SSSR count). The number of anilines is 1. The van der Waals surface area contributed by atoms with Gasteiger partial charge in [-0.15, -0.1) is 0 Å². The van der Waals surface area contributed by atoms with Crippen LogP contribution < -0.4 is 10.2 Å². The molecule has 0 unspecified atom stereocenters. The van der Waals surface area contributed by atoms with Crippen LogP contribution in [0.15, 0.2) is 24.3 Å². The lowest BCUT2D eigenvalue weighted by molar-refractivity contribution is 0.190. The predicted octanol–water partition coefficient (Wildman–Crippen LogP) is 4.03.